The molecule has 0 saturated heterocycles. The predicted octanol–water partition coefficient (Wildman–Crippen LogP) is 3.99. The molecular weight excluding hydrogens is 236 g/mol. The van der Waals surface area contributed by atoms with Gasteiger partial charge in [-0.1, -0.05) is 56.3 Å². The molecule has 0 spiro atoms. The van der Waals surface area contributed by atoms with E-state index < -0.39 is 0 Å². The fraction of sp³-hybridized carbons (Fsp3) is 0.412. The Morgan fingerprint density at radius 1 is 1.21 bits per heavy atom. The summed E-state index contributed by atoms with van der Waals surface area (Å²) in [5.74, 6) is 0. The first kappa shape index (κ1) is 15.7. The summed E-state index contributed by atoms with van der Waals surface area (Å²) < 4.78 is 11.5. The van der Waals surface area contributed by atoms with E-state index in [2.05, 4.69) is 39.1 Å². The maximum absolute atomic E-state index is 5.95. The van der Waals surface area contributed by atoms with Crippen molar-refractivity contribution >= 4 is 0 Å². The lowest BCUT2D eigenvalue weighted by molar-refractivity contribution is -0.0436. The molecule has 2 heteroatoms. The van der Waals surface area contributed by atoms with Gasteiger partial charge in [-0.3, -0.25) is 0 Å². The first-order valence-electron chi connectivity index (χ1n) is 6.57. The number of benzene rings is 1. The fourth-order valence-electron chi connectivity index (χ4n) is 1.86. The van der Waals surface area contributed by atoms with Gasteiger partial charge in [-0.05, 0) is 5.56 Å². The van der Waals surface area contributed by atoms with Crippen LogP contribution < -0.4 is 0 Å². The van der Waals surface area contributed by atoms with Crippen LogP contribution in [0.4, 0.5) is 0 Å². The average molecular weight is 260 g/mol. The van der Waals surface area contributed by atoms with Crippen LogP contribution in [-0.4, -0.2) is 19.3 Å². The molecular formula is C17H24O2. The first-order valence-corrected chi connectivity index (χ1v) is 6.57. The van der Waals surface area contributed by atoms with E-state index in [0.29, 0.717) is 19.8 Å². The monoisotopic (exact) mass is 260 g/mol. The Labute approximate surface area is 116 Å². The van der Waals surface area contributed by atoms with Gasteiger partial charge in [-0.2, -0.15) is 0 Å². The van der Waals surface area contributed by atoms with Crippen LogP contribution in [0, 0.1) is 5.41 Å². The zero-order valence-electron chi connectivity index (χ0n) is 12.0. The third-order valence-electron chi connectivity index (χ3n) is 2.97. The van der Waals surface area contributed by atoms with Crippen LogP contribution in [0.3, 0.4) is 0 Å². The smallest absolute Gasteiger partial charge is 0.0830 e. The molecule has 19 heavy (non-hydrogen) atoms. The summed E-state index contributed by atoms with van der Waals surface area (Å²) in [4.78, 5) is 0. The topological polar surface area (TPSA) is 18.5 Å². The molecule has 0 amide bonds. The highest BCUT2D eigenvalue weighted by Crippen LogP contribution is 2.25. The molecule has 0 heterocycles. The van der Waals surface area contributed by atoms with Crippen LogP contribution in [0.2, 0.25) is 0 Å². The number of hydrogen-bond acceptors (Lipinski definition) is 2. The van der Waals surface area contributed by atoms with E-state index in [-0.39, 0.29) is 11.5 Å². The number of ether oxygens (including phenoxy) is 2. The van der Waals surface area contributed by atoms with Crippen LogP contribution in [-0.2, 0) is 16.1 Å². The Kier molecular flexibility index (Phi) is 6.54. The van der Waals surface area contributed by atoms with Crippen LogP contribution in [0.5, 0.6) is 0 Å². The highest BCUT2D eigenvalue weighted by molar-refractivity contribution is 5.13. The number of hydrogen-bond donors (Lipinski definition) is 0. The molecule has 1 atom stereocenters. The second kappa shape index (κ2) is 7.93. The maximum Gasteiger partial charge on any atom is 0.0830 e. The zero-order valence-corrected chi connectivity index (χ0v) is 12.0. The highest BCUT2D eigenvalue weighted by atomic mass is 16.5. The van der Waals surface area contributed by atoms with Crippen LogP contribution in [0.15, 0.2) is 55.6 Å². The van der Waals surface area contributed by atoms with Gasteiger partial charge in [0.2, 0.25) is 0 Å². The van der Waals surface area contributed by atoms with Gasteiger partial charge >= 0.3 is 0 Å². The summed E-state index contributed by atoms with van der Waals surface area (Å²) in [6.07, 6.45) is 3.56. The molecule has 0 bridgehead atoms. The van der Waals surface area contributed by atoms with E-state index in [4.69, 9.17) is 9.47 Å². The van der Waals surface area contributed by atoms with Gasteiger partial charge < -0.3 is 9.47 Å². The van der Waals surface area contributed by atoms with Crippen LogP contribution in [0.1, 0.15) is 19.4 Å². The minimum Gasteiger partial charge on any atom is -0.377 e. The van der Waals surface area contributed by atoms with E-state index >= 15 is 0 Å². The van der Waals surface area contributed by atoms with Crippen molar-refractivity contribution in [2.45, 2.75) is 26.6 Å². The first-order chi connectivity index (χ1) is 9.10. The number of rotatable bonds is 9. The van der Waals surface area contributed by atoms with Crippen molar-refractivity contribution in [2.24, 2.45) is 5.41 Å². The largest absolute Gasteiger partial charge is 0.377 e. The molecule has 104 valence electrons. The molecule has 0 aliphatic heterocycles. The summed E-state index contributed by atoms with van der Waals surface area (Å²) in [6.45, 7) is 13.5. The molecule has 0 fully saturated rings. The molecule has 0 N–H and O–H groups in total. The average Bonchev–Trinajstić information content (AvgIpc) is 2.40. The minimum atomic E-state index is -0.112. The van der Waals surface area contributed by atoms with Crippen molar-refractivity contribution in [3.8, 4) is 0 Å². The van der Waals surface area contributed by atoms with E-state index in [1.165, 1.54) is 0 Å². The molecule has 0 saturated carbocycles. The molecule has 1 aromatic carbocycles. The van der Waals surface area contributed by atoms with E-state index in [1.807, 2.05) is 24.3 Å². The van der Waals surface area contributed by atoms with Crippen molar-refractivity contribution in [1.82, 2.24) is 0 Å². The molecule has 0 unspecified atom stereocenters. The van der Waals surface area contributed by atoms with Gasteiger partial charge in [0.25, 0.3) is 0 Å². The zero-order chi connectivity index (χ0) is 14.1. The predicted molar refractivity (Wildman–Crippen MR) is 80.0 cm³/mol. The van der Waals surface area contributed by atoms with Crippen molar-refractivity contribution in [1.29, 1.82) is 0 Å². The summed E-state index contributed by atoms with van der Waals surface area (Å²) in [5.41, 5.74) is 1.05. The standard InChI is InChI=1S/C17H24O2/c1-5-12-18-14-17(3,4)16(6-2)19-13-15-10-8-7-9-11-15/h5-11,16H,1-2,12-14H2,3-4H3/t16-/m0/s1. The summed E-state index contributed by atoms with van der Waals surface area (Å²) in [5, 5.41) is 0. The summed E-state index contributed by atoms with van der Waals surface area (Å²) in [6, 6.07) is 10.1. The summed E-state index contributed by atoms with van der Waals surface area (Å²) in [7, 11) is 0. The Bertz CT molecular complexity index is 382. The Hall–Kier alpha value is -1.38. The quantitative estimate of drug-likeness (QED) is 0.494. The molecule has 0 aliphatic carbocycles. The highest BCUT2D eigenvalue weighted by Gasteiger charge is 2.28. The summed E-state index contributed by atoms with van der Waals surface area (Å²) >= 11 is 0. The van der Waals surface area contributed by atoms with Crippen LogP contribution >= 0.6 is 0 Å². The van der Waals surface area contributed by atoms with Gasteiger partial charge in [0.1, 0.15) is 0 Å². The van der Waals surface area contributed by atoms with Gasteiger partial charge in [-0.15, -0.1) is 13.2 Å². The lowest BCUT2D eigenvalue weighted by Crippen LogP contribution is -2.34. The van der Waals surface area contributed by atoms with E-state index in [0.717, 1.165) is 5.56 Å². The Morgan fingerprint density at radius 3 is 2.47 bits per heavy atom. The lowest BCUT2D eigenvalue weighted by Gasteiger charge is -2.31. The van der Waals surface area contributed by atoms with E-state index in [1.54, 1.807) is 6.08 Å². The second-order valence-corrected chi connectivity index (χ2v) is 5.25. The van der Waals surface area contributed by atoms with Crippen molar-refractivity contribution in [3.63, 3.8) is 0 Å². The molecule has 0 radical (unpaired) electrons. The van der Waals surface area contributed by atoms with Gasteiger partial charge in [0.05, 0.1) is 25.9 Å². The third-order valence-corrected chi connectivity index (χ3v) is 2.97. The fourth-order valence-corrected chi connectivity index (χ4v) is 1.86. The normalized spacial score (nSPS) is 12.9. The van der Waals surface area contributed by atoms with Crippen molar-refractivity contribution in [3.05, 3.63) is 61.2 Å². The van der Waals surface area contributed by atoms with Gasteiger partial charge in [-0.25, -0.2) is 0 Å². The minimum absolute atomic E-state index is 0.0440. The molecule has 0 aromatic heterocycles. The van der Waals surface area contributed by atoms with Gasteiger partial charge in [0, 0.05) is 5.41 Å². The SMILES string of the molecule is C=CCOCC(C)(C)[C@H](C=C)OCc1ccccc1. The van der Waals surface area contributed by atoms with E-state index in [9.17, 15) is 0 Å². The van der Waals surface area contributed by atoms with Gasteiger partial charge in [0.15, 0.2) is 0 Å². The Balaban J connectivity index is 2.51. The molecule has 1 aromatic rings. The third kappa shape index (κ3) is 5.41. The van der Waals surface area contributed by atoms with Crippen molar-refractivity contribution < 1.29 is 9.47 Å². The van der Waals surface area contributed by atoms with Crippen LogP contribution in [0.25, 0.3) is 0 Å². The van der Waals surface area contributed by atoms with Crippen molar-refractivity contribution in [2.75, 3.05) is 13.2 Å². The Morgan fingerprint density at radius 2 is 1.89 bits per heavy atom. The second-order valence-electron chi connectivity index (χ2n) is 5.25. The molecule has 1 rings (SSSR count). The lowest BCUT2D eigenvalue weighted by atomic mass is 9.87. The molecule has 0 aliphatic rings. The molecule has 2 nitrogen and oxygen atoms in total. The maximum atomic E-state index is 5.95.